The van der Waals surface area contributed by atoms with Crippen molar-refractivity contribution in [2.24, 2.45) is 5.92 Å². The largest absolute Gasteiger partial charge is 0.481 e. The topological polar surface area (TPSA) is 80.0 Å². The molecule has 2 N–H and O–H groups in total. The second-order valence-corrected chi connectivity index (χ2v) is 4.65. The third-order valence-electron chi connectivity index (χ3n) is 3.51. The number of anilines is 1. The predicted octanol–water partition coefficient (Wildman–Crippen LogP) is 1.86. The molecular formula is C13H20N4O2. The lowest BCUT2D eigenvalue weighted by Crippen LogP contribution is -2.26. The van der Waals surface area contributed by atoms with Crippen LogP contribution in [0.2, 0.25) is 0 Å². The molecule has 1 aromatic heterocycles. The molecule has 104 valence electrons. The van der Waals surface area contributed by atoms with Crippen molar-refractivity contribution in [3.63, 3.8) is 0 Å². The fraction of sp³-hybridized carbons (Fsp3) is 0.615. The Morgan fingerprint density at radius 2 is 2.16 bits per heavy atom. The van der Waals surface area contributed by atoms with Crippen molar-refractivity contribution in [1.29, 1.82) is 0 Å². The summed E-state index contributed by atoms with van der Waals surface area (Å²) >= 11 is 0. The Morgan fingerprint density at radius 1 is 1.42 bits per heavy atom. The van der Waals surface area contributed by atoms with E-state index in [-0.39, 0.29) is 5.92 Å². The molecule has 0 aromatic carbocycles. The van der Waals surface area contributed by atoms with Crippen molar-refractivity contribution in [1.82, 2.24) is 14.8 Å². The van der Waals surface area contributed by atoms with Gasteiger partial charge >= 0.3 is 5.97 Å². The van der Waals surface area contributed by atoms with Crippen molar-refractivity contribution in [3.8, 4) is 0 Å². The van der Waals surface area contributed by atoms with Crippen LogP contribution in [0.15, 0.2) is 12.2 Å². The average Bonchev–Trinajstić information content (AvgIpc) is 2.82. The van der Waals surface area contributed by atoms with Crippen molar-refractivity contribution in [2.45, 2.75) is 39.2 Å². The van der Waals surface area contributed by atoms with E-state index >= 15 is 0 Å². The molecule has 0 aliphatic heterocycles. The van der Waals surface area contributed by atoms with E-state index < -0.39 is 11.9 Å². The van der Waals surface area contributed by atoms with Crippen LogP contribution in [0.25, 0.3) is 0 Å². The summed E-state index contributed by atoms with van der Waals surface area (Å²) in [5.41, 5.74) is 0. The summed E-state index contributed by atoms with van der Waals surface area (Å²) in [5.74, 6) is 0.232. The van der Waals surface area contributed by atoms with Gasteiger partial charge < -0.3 is 10.4 Å². The fourth-order valence-electron chi connectivity index (χ4n) is 2.56. The van der Waals surface area contributed by atoms with Gasteiger partial charge in [-0.1, -0.05) is 12.2 Å². The number of aliphatic carboxylic acids is 1. The zero-order valence-corrected chi connectivity index (χ0v) is 11.3. The third kappa shape index (κ3) is 2.62. The van der Waals surface area contributed by atoms with E-state index in [0.29, 0.717) is 12.8 Å². The van der Waals surface area contributed by atoms with Gasteiger partial charge in [0.15, 0.2) is 0 Å². The van der Waals surface area contributed by atoms with Crippen LogP contribution in [0.3, 0.4) is 0 Å². The Hall–Kier alpha value is -1.85. The zero-order valence-electron chi connectivity index (χ0n) is 11.3. The Labute approximate surface area is 112 Å². The van der Waals surface area contributed by atoms with Crippen LogP contribution in [0, 0.1) is 5.92 Å². The summed E-state index contributed by atoms with van der Waals surface area (Å²) in [4.78, 5) is 11.4. The molecule has 6 heteroatoms. The second-order valence-electron chi connectivity index (χ2n) is 4.65. The normalized spacial score (nSPS) is 22.4. The van der Waals surface area contributed by atoms with Crippen molar-refractivity contribution in [2.75, 3.05) is 11.9 Å². The minimum atomic E-state index is -0.759. The van der Waals surface area contributed by atoms with Crippen LogP contribution in [0.4, 0.5) is 5.95 Å². The number of carbonyl (C=O) groups is 1. The number of rotatable bonds is 5. The summed E-state index contributed by atoms with van der Waals surface area (Å²) in [5, 5.41) is 20.8. The fourth-order valence-corrected chi connectivity index (χ4v) is 2.56. The molecule has 0 fully saturated rings. The molecule has 2 atom stereocenters. The van der Waals surface area contributed by atoms with E-state index in [9.17, 15) is 9.90 Å². The van der Waals surface area contributed by atoms with Crippen LogP contribution >= 0.6 is 0 Å². The van der Waals surface area contributed by atoms with Crippen molar-refractivity contribution < 1.29 is 9.90 Å². The van der Waals surface area contributed by atoms with Crippen LogP contribution in [0.5, 0.6) is 0 Å². The molecule has 0 saturated carbocycles. The Morgan fingerprint density at radius 3 is 2.79 bits per heavy atom. The van der Waals surface area contributed by atoms with E-state index in [4.69, 9.17) is 0 Å². The van der Waals surface area contributed by atoms with E-state index in [2.05, 4.69) is 15.5 Å². The SMILES string of the molecule is CCNc1nnc([C@@H]2CC=CC[C@@H]2C(=O)O)n1CC. The number of hydrogen-bond donors (Lipinski definition) is 2. The van der Waals surface area contributed by atoms with E-state index in [1.54, 1.807) is 0 Å². The molecule has 1 aromatic rings. The highest BCUT2D eigenvalue weighted by molar-refractivity contribution is 5.71. The van der Waals surface area contributed by atoms with Gasteiger partial charge in [-0.05, 0) is 26.7 Å². The van der Waals surface area contributed by atoms with Gasteiger partial charge in [-0.25, -0.2) is 0 Å². The molecular weight excluding hydrogens is 244 g/mol. The molecule has 0 bridgehead atoms. The third-order valence-corrected chi connectivity index (χ3v) is 3.51. The minimum Gasteiger partial charge on any atom is -0.481 e. The van der Waals surface area contributed by atoms with Gasteiger partial charge in [-0.15, -0.1) is 10.2 Å². The maximum Gasteiger partial charge on any atom is 0.307 e. The highest BCUT2D eigenvalue weighted by Gasteiger charge is 2.33. The number of nitrogens with zero attached hydrogens (tertiary/aromatic N) is 3. The monoisotopic (exact) mass is 264 g/mol. The Balaban J connectivity index is 2.34. The van der Waals surface area contributed by atoms with Gasteiger partial charge in [0, 0.05) is 19.0 Å². The summed E-state index contributed by atoms with van der Waals surface area (Å²) in [6.45, 7) is 5.52. The van der Waals surface area contributed by atoms with Gasteiger partial charge in [0.25, 0.3) is 0 Å². The first-order chi connectivity index (χ1) is 9.19. The molecule has 1 aliphatic rings. The number of nitrogens with one attached hydrogen (secondary N) is 1. The van der Waals surface area contributed by atoms with Gasteiger partial charge in [0.05, 0.1) is 5.92 Å². The molecule has 0 spiro atoms. The molecule has 0 unspecified atom stereocenters. The molecule has 0 saturated heterocycles. The van der Waals surface area contributed by atoms with Gasteiger partial charge in [-0.2, -0.15) is 0 Å². The van der Waals surface area contributed by atoms with Gasteiger partial charge in [0.2, 0.25) is 5.95 Å². The first-order valence-electron chi connectivity index (χ1n) is 6.73. The summed E-state index contributed by atoms with van der Waals surface area (Å²) in [7, 11) is 0. The van der Waals surface area contributed by atoms with Crippen LogP contribution in [0.1, 0.15) is 38.4 Å². The average molecular weight is 264 g/mol. The lowest BCUT2D eigenvalue weighted by molar-refractivity contribution is -0.142. The summed E-state index contributed by atoms with van der Waals surface area (Å²) in [6, 6.07) is 0. The zero-order chi connectivity index (χ0) is 13.8. The quantitative estimate of drug-likeness (QED) is 0.793. The van der Waals surface area contributed by atoms with Gasteiger partial charge in [-0.3, -0.25) is 9.36 Å². The predicted molar refractivity (Wildman–Crippen MR) is 72.1 cm³/mol. The molecule has 1 aliphatic carbocycles. The summed E-state index contributed by atoms with van der Waals surface area (Å²) in [6.07, 6.45) is 5.24. The van der Waals surface area contributed by atoms with Crippen molar-refractivity contribution in [3.05, 3.63) is 18.0 Å². The molecule has 0 radical (unpaired) electrons. The first-order valence-corrected chi connectivity index (χ1v) is 6.73. The van der Waals surface area contributed by atoms with Gasteiger partial charge in [0.1, 0.15) is 5.82 Å². The summed E-state index contributed by atoms with van der Waals surface area (Å²) < 4.78 is 1.98. The van der Waals surface area contributed by atoms with Crippen LogP contribution in [-0.4, -0.2) is 32.4 Å². The number of carboxylic acid groups (broad SMARTS) is 1. The number of carboxylic acids is 1. The lowest BCUT2D eigenvalue weighted by atomic mass is 9.82. The smallest absolute Gasteiger partial charge is 0.307 e. The number of hydrogen-bond acceptors (Lipinski definition) is 4. The molecule has 19 heavy (non-hydrogen) atoms. The minimum absolute atomic E-state index is 0.0950. The molecule has 1 heterocycles. The van der Waals surface area contributed by atoms with Crippen LogP contribution < -0.4 is 5.32 Å². The Kier molecular flexibility index (Phi) is 4.19. The van der Waals surface area contributed by atoms with Crippen molar-refractivity contribution >= 4 is 11.9 Å². The molecule has 0 amide bonds. The standard InChI is InChI=1S/C13H20N4O2/c1-3-14-13-16-15-11(17(13)4-2)9-7-5-6-8-10(9)12(18)19/h5-6,9-10H,3-4,7-8H2,1-2H3,(H,14,16)(H,18,19)/t9-,10+/m1/s1. The Bertz CT molecular complexity index is 481. The second kappa shape index (κ2) is 5.86. The number of allylic oxidation sites excluding steroid dienone is 2. The highest BCUT2D eigenvalue weighted by Crippen LogP contribution is 2.34. The van der Waals surface area contributed by atoms with E-state index in [1.165, 1.54) is 0 Å². The number of aromatic nitrogens is 3. The van der Waals surface area contributed by atoms with Crippen LogP contribution in [-0.2, 0) is 11.3 Å². The van der Waals surface area contributed by atoms with E-state index in [0.717, 1.165) is 24.9 Å². The molecule has 6 nitrogen and oxygen atoms in total. The lowest BCUT2D eigenvalue weighted by Gasteiger charge is -2.24. The first kappa shape index (κ1) is 13.6. The van der Waals surface area contributed by atoms with E-state index in [1.807, 2.05) is 30.6 Å². The maximum atomic E-state index is 11.4. The maximum absolute atomic E-state index is 11.4. The highest BCUT2D eigenvalue weighted by atomic mass is 16.4. The molecule has 2 rings (SSSR count).